The summed E-state index contributed by atoms with van der Waals surface area (Å²) in [4.78, 5) is 13.1. The molecule has 1 aromatic carbocycles. The molecule has 0 aliphatic carbocycles. The lowest BCUT2D eigenvalue weighted by Gasteiger charge is -2.17. The summed E-state index contributed by atoms with van der Waals surface area (Å²) in [7, 11) is 3.27. The molecule has 0 spiro atoms. The molecule has 0 heterocycles. The highest BCUT2D eigenvalue weighted by Gasteiger charge is 2.04. The van der Waals surface area contributed by atoms with Gasteiger partial charge in [-0.1, -0.05) is 6.08 Å². The molecular weight excluding hydrogens is 218 g/mol. The van der Waals surface area contributed by atoms with Gasteiger partial charge >= 0.3 is 5.97 Å². The van der Waals surface area contributed by atoms with Crippen molar-refractivity contribution in [1.29, 1.82) is 0 Å². The smallest absolute Gasteiger partial charge is 0.333 e. The van der Waals surface area contributed by atoms with Crippen molar-refractivity contribution in [2.75, 3.05) is 25.6 Å². The summed E-state index contributed by atoms with van der Waals surface area (Å²) in [6.45, 7) is 2.32. The van der Waals surface area contributed by atoms with E-state index < -0.39 is 0 Å². The van der Waals surface area contributed by atoms with E-state index in [0.717, 1.165) is 5.69 Å². The number of rotatable bonds is 4. The molecule has 1 rings (SSSR count). The highest BCUT2D eigenvalue weighted by Crippen LogP contribution is 2.17. The Morgan fingerprint density at radius 2 is 2.00 bits per heavy atom. The van der Waals surface area contributed by atoms with Crippen LogP contribution in [0.4, 0.5) is 5.69 Å². The molecule has 92 valence electrons. The number of hydrogen-bond acceptors (Lipinski definition) is 4. The minimum Gasteiger partial charge on any atom is -0.508 e. The van der Waals surface area contributed by atoms with E-state index in [1.54, 1.807) is 25.1 Å². The maximum Gasteiger partial charge on any atom is 0.333 e. The monoisotopic (exact) mass is 235 g/mol. The third-order valence-electron chi connectivity index (χ3n) is 2.47. The van der Waals surface area contributed by atoms with E-state index >= 15 is 0 Å². The minimum absolute atomic E-state index is 0.239. The van der Waals surface area contributed by atoms with E-state index in [-0.39, 0.29) is 11.7 Å². The summed E-state index contributed by atoms with van der Waals surface area (Å²) < 4.78 is 4.61. The standard InChI is InChI=1S/C13H17NO3/c1-10(13(16)17-3)8-9-14(2)11-4-6-12(15)7-5-11/h4-8,15H,9H2,1-3H3. The predicted molar refractivity (Wildman–Crippen MR) is 67.1 cm³/mol. The lowest BCUT2D eigenvalue weighted by Crippen LogP contribution is -2.17. The van der Waals surface area contributed by atoms with Crippen molar-refractivity contribution in [2.24, 2.45) is 0 Å². The van der Waals surface area contributed by atoms with Crippen LogP contribution in [-0.4, -0.2) is 31.8 Å². The first-order chi connectivity index (χ1) is 8.04. The highest BCUT2D eigenvalue weighted by molar-refractivity contribution is 5.87. The zero-order valence-corrected chi connectivity index (χ0v) is 10.3. The normalized spacial score (nSPS) is 11.1. The van der Waals surface area contributed by atoms with Crippen molar-refractivity contribution in [2.45, 2.75) is 6.92 Å². The van der Waals surface area contributed by atoms with Crippen LogP contribution in [0.15, 0.2) is 35.9 Å². The number of phenols is 1. The molecule has 4 heteroatoms. The summed E-state index contributed by atoms with van der Waals surface area (Å²) in [5.74, 6) is -0.0764. The van der Waals surface area contributed by atoms with E-state index in [2.05, 4.69) is 4.74 Å². The number of methoxy groups -OCH3 is 1. The topological polar surface area (TPSA) is 49.8 Å². The Morgan fingerprint density at radius 3 is 2.53 bits per heavy atom. The van der Waals surface area contributed by atoms with Gasteiger partial charge in [-0.25, -0.2) is 4.79 Å². The third-order valence-corrected chi connectivity index (χ3v) is 2.47. The van der Waals surface area contributed by atoms with Crippen LogP contribution in [0.5, 0.6) is 5.75 Å². The zero-order valence-electron chi connectivity index (χ0n) is 10.3. The molecule has 0 atom stereocenters. The largest absolute Gasteiger partial charge is 0.508 e. The molecule has 17 heavy (non-hydrogen) atoms. The second-order valence-corrected chi connectivity index (χ2v) is 3.78. The molecular formula is C13H17NO3. The first-order valence-corrected chi connectivity index (χ1v) is 5.30. The summed E-state index contributed by atoms with van der Waals surface area (Å²) in [5.41, 5.74) is 1.55. The van der Waals surface area contributed by atoms with Crippen LogP contribution in [0.25, 0.3) is 0 Å². The molecule has 0 aliphatic heterocycles. The van der Waals surface area contributed by atoms with Gasteiger partial charge in [-0.3, -0.25) is 0 Å². The number of anilines is 1. The molecule has 0 amide bonds. The lowest BCUT2D eigenvalue weighted by molar-refractivity contribution is -0.136. The first kappa shape index (κ1) is 13.1. The van der Waals surface area contributed by atoms with Crippen LogP contribution in [0, 0.1) is 0 Å². The van der Waals surface area contributed by atoms with Gasteiger partial charge in [0.05, 0.1) is 7.11 Å². The Morgan fingerprint density at radius 1 is 1.41 bits per heavy atom. The SMILES string of the molecule is COC(=O)C(C)=CCN(C)c1ccc(O)cc1. The number of esters is 1. The molecule has 0 fully saturated rings. The predicted octanol–water partition coefficient (Wildman–Crippen LogP) is 1.95. The summed E-state index contributed by atoms with van der Waals surface area (Å²) in [5, 5.41) is 9.17. The van der Waals surface area contributed by atoms with Gasteiger partial charge in [0.2, 0.25) is 0 Å². The molecule has 0 radical (unpaired) electrons. The number of aromatic hydroxyl groups is 1. The average molecular weight is 235 g/mol. The van der Waals surface area contributed by atoms with Crippen LogP contribution in [-0.2, 0) is 9.53 Å². The van der Waals surface area contributed by atoms with E-state index in [9.17, 15) is 4.79 Å². The Kier molecular flexibility index (Phi) is 4.57. The fourth-order valence-electron chi connectivity index (χ4n) is 1.33. The van der Waals surface area contributed by atoms with Crippen LogP contribution in [0.2, 0.25) is 0 Å². The van der Waals surface area contributed by atoms with Crippen molar-refractivity contribution < 1.29 is 14.6 Å². The maximum absolute atomic E-state index is 11.2. The van der Waals surface area contributed by atoms with Gasteiger partial charge in [-0.05, 0) is 31.2 Å². The highest BCUT2D eigenvalue weighted by atomic mass is 16.5. The molecule has 0 aliphatic rings. The van der Waals surface area contributed by atoms with E-state index in [1.807, 2.05) is 24.1 Å². The van der Waals surface area contributed by atoms with E-state index in [1.165, 1.54) is 7.11 Å². The number of hydrogen-bond donors (Lipinski definition) is 1. The Bertz CT molecular complexity index is 409. The number of ether oxygens (including phenoxy) is 1. The number of nitrogens with zero attached hydrogens (tertiary/aromatic N) is 1. The van der Waals surface area contributed by atoms with Crippen molar-refractivity contribution in [1.82, 2.24) is 0 Å². The van der Waals surface area contributed by atoms with Crippen molar-refractivity contribution >= 4 is 11.7 Å². The molecule has 0 aromatic heterocycles. The van der Waals surface area contributed by atoms with Gasteiger partial charge in [-0.2, -0.15) is 0 Å². The summed E-state index contributed by atoms with van der Waals surface area (Å²) in [6, 6.07) is 6.89. The van der Waals surface area contributed by atoms with Crippen molar-refractivity contribution in [3.05, 3.63) is 35.9 Å². The van der Waals surface area contributed by atoms with Gasteiger partial charge in [0.25, 0.3) is 0 Å². The molecule has 0 saturated carbocycles. The fraction of sp³-hybridized carbons (Fsp3) is 0.308. The van der Waals surface area contributed by atoms with Crippen molar-refractivity contribution in [3.8, 4) is 5.75 Å². The number of phenolic OH excluding ortho intramolecular Hbond substituents is 1. The maximum atomic E-state index is 11.2. The Labute approximate surface area is 101 Å². The van der Waals surface area contributed by atoms with Gasteiger partial charge in [0.1, 0.15) is 5.75 Å². The van der Waals surface area contributed by atoms with Crippen LogP contribution < -0.4 is 4.90 Å². The molecule has 1 aromatic rings. The second kappa shape index (κ2) is 5.94. The molecule has 0 unspecified atom stereocenters. The van der Waals surface area contributed by atoms with Gasteiger partial charge < -0.3 is 14.7 Å². The molecule has 4 nitrogen and oxygen atoms in total. The van der Waals surface area contributed by atoms with E-state index in [0.29, 0.717) is 12.1 Å². The van der Waals surface area contributed by atoms with E-state index in [4.69, 9.17) is 5.11 Å². The zero-order chi connectivity index (χ0) is 12.8. The fourth-order valence-corrected chi connectivity index (χ4v) is 1.33. The third kappa shape index (κ3) is 3.83. The molecule has 0 saturated heterocycles. The first-order valence-electron chi connectivity index (χ1n) is 5.30. The average Bonchev–Trinajstić information content (AvgIpc) is 2.35. The summed E-state index contributed by atoms with van der Waals surface area (Å²) in [6.07, 6.45) is 1.80. The van der Waals surface area contributed by atoms with Crippen molar-refractivity contribution in [3.63, 3.8) is 0 Å². The van der Waals surface area contributed by atoms with Crippen LogP contribution >= 0.6 is 0 Å². The Hall–Kier alpha value is -1.97. The lowest BCUT2D eigenvalue weighted by atomic mass is 10.2. The van der Waals surface area contributed by atoms with Gasteiger partial charge in [0.15, 0.2) is 0 Å². The molecule has 0 bridgehead atoms. The number of likely N-dealkylation sites (N-methyl/N-ethyl adjacent to an activating group) is 1. The van der Waals surface area contributed by atoms with Gasteiger partial charge in [0, 0.05) is 24.9 Å². The minimum atomic E-state index is -0.316. The number of benzene rings is 1. The van der Waals surface area contributed by atoms with Gasteiger partial charge in [-0.15, -0.1) is 0 Å². The quantitative estimate of drug-likeness (QED) is 0.640. The Balaban J connectivity index is 2.64. The second-order valence-electron chi connectivity index (χ2n) is 3.78. The van der Waals surface area contributed by atoms with Crippen LogP contribution in [0.3, 0.4) is 0 Å². The number of carbonyl (C=O) groups excluding carboxylic acids is 1. The summed E-state index contributed by atoms with van der Waals surface area (Å²) >= 11 is 0. The number of carbonyl (C=O) groups is 1. The molecule has 1 N–H and O–H groups in total. The van der Waals surface area contributed by atoms with Crippen LogP contribution in [0.1, 0.15) is 6.92 Å².